The van der Waals surface area contributed by atoms with Crippen molar-refractivity contribution < 1.29 is 4.79 Å². The average molecular weight is 219 g/mol. The van der Waals surface area contributed by atoms with Gasteiger partial charge in [0.05, 0.1) is 11.9 Å². The summed E-state index contributed by atoms with van der Waals surface area (Å²) in [5, 5.41) is 9.10. The molecule has 2 rings (SSSR count). The van der Waals surface area contributed by atoms with E-state index in [0.29, 0.717) is 23.7 Å². The number of hydrogen-bond donors (Lipinski definition) is 3. The standard InChI is InChI=1S/C10H13N5O/c1-2-15-6-7(11)5-8(15)10(16)13-9-3-4-12-14-9/h3-6H,2,11H2,1H3,(H2,12,13,14,16). The first-order chi connectivity index (χ1) is 7.70. The Morgan fingerprint density at radius 3 is 3.12 bits per heavy atom. The van der Waals surface area contributed by atoms with Crippen molar-refractivity contribution in [2.75, 3.05) is 11.1 Å². The molecule has 2 aromatic rings. The van der Waals surface area contributed by atoms with Crippen LogP contribution in [0, 0.1) is 0 Å². The predicted molar refractivity (Wildman–Crippen MR) is 61.1 cm³/mol. The summed E-state index contributed by atoms with van der Waals surface area (Å²) in [7, 11) is 0. The van der Waals surface area contributed by atoms with Gasteiger partial charge < -0.3 is 15.6 Å². The molecule has 84 valence electrons. The fraction of sp³-hybridized carbons (Fsp3) is 0.200. The molecule has 16 heavy (non-hydrogen) atoms. The topological polar surface area (TPSA) is 88.7 Å². The number of carbonyl (C=O) groups excluding carboxylic acids is 1. The molecular weight excluding hydrogens is 206 g/mol. The Kier molecular flexibility index (Phi) is 2.63. The number of rotatable bonds is 3. The predicted octanol–water partition coefficient (Wildman–Crippen LogP) is 1.07. The van der Waals surface area contributed by atoms with E-state index in [1.54, 1.807) is 29.1 Å². The van der Waals surface area contributed by atoms with E-state index in [-0.39, 0.29) is 5.91 Å². The maximum absolute atomic E-state index is 11.9. The molecule has 0 spiro atoms. The molecule has 0 aliphatic rings. The number of nitrogens with one attached hydrogen (secondary N) is 2. The van der Waals surface area contributed by atoms with Gasteiger partial charge in [-0.1, -0.05) is 0 Å². The van der Waals surface area contributed by atoms with Crippen LogP contribution < -0.4 is 11.1 Å². The van der Waals surface area contributed by atoms with Crippen LogP contribution in [0.4, 0.5) is 11.5 Å². The van der Waals surface area contributed by atoms with Crippen molar-refractivity contribution in [3.05, 3.63) is 30.2 Å². The highest BCUT2D eigenvalue weighted by Gasteiger charge is 2.12. The lowest BCUT2D eigenvalue weighted by Crippen LogP contribution is -2.16. The second-order valence-electron chi connectivity index (χ2n) is 3.37. The Labute approximate surface area is 92.5 Å². The second-order valence-corrected chi connectivity index (χ2v) is 3.37. The normalized spacial score (nSPS) is 10.3. The van der Waals surface area contributed by atoms with Crippen molar-refractivity contribution in [1.29, 1.82) is 0 Å². The highest BCUT2D eigenvalue weighted by atomic mass is 16.2. The maximum atomic E-state index is 11.9. The van der Waals surface area contributed by atoms with Crippen LogP contribution in [0.25, 0.3) is 0 Å². The SMILES string of the molecule is CCn1cc(N)cc1C(=O)Nc1ccn[nH]1. The molecule has 0 unspecified atom stereocenters. The molecule has 0 saturated heterocycles. The quantitative estimate of drug-likeness (QED) is 0.721. The molecule has 2 heterocycles. The van der Waals surface area contributed by atoms with Gasteiger partial charge in [0.15, 0.2) is 0 Å². The van der Waals surface area contributed by atoms with Gasteiger partial charge in [0, 0.05) is 18.8 Å². The summed E-state index contributed by atoms with van der Waals surface area (Å²) in [6, 6.07) is 3.33. The Morgan fingerprint density at radius 2 is 2.50 bits per heavy atom. The number of nitrogen functional groups attached to an aromatic ring is 1. The first kappa shape index (κ1) is 10.3. The Morgan fingerprint density at radius 1 is 1.69 bits per heavy atom. The molecule has 6 heteroatoms. The molecule has 0 aliphatic heterocycles. The molecular formula is C10H13N5O. The Bertz CT molecular complexity index is 485. The number of aryl methyl sites for hydroxylation is 1. The minimum absolute atomic E-state index is 0.206. The van der Waals surface area contributed by atoms with Crippen LogP contribution in [0.2, 0.25) is 0 Å². The van der Waals surface area contributed by atoms with Gasteiger partial charge in [-0.05, 0) is 13.0 Å². The minimum atomic E-state index is -0.206. The van der Waals surface area contributed by atoms with Crippen LogP contribution >= 0.6 is 0 Å². The van der Waals surface area contributed by atoms with Crippen LogP contribution in [0.5, 0.6) is 0 Å². The summed E-state index contributed by atoms with van der Waals surface area (Å²) >= 11 is 0. The summed E-state index contributed by atoms with van der Waals surface area (Å²) in [5.41, 5.74) is 6.76. The maximum Gasteiger partial charge on any atom is 0.273 e. The third kappa shape index (κ3) is 1.90. The number of hydrogen-bond acceptors (Lipinski definition) is 3. The van der Waals surface area contributed by atoms with Crippen molar-refractivity contribution >= 4 is 17.4 Å². The minimum Gasteiger partial charge on any atom is -0.397 e. The van der Waals surface area contributed by atoms with E-state index in [0.717, 1.165) is 0 Å². The lowest BCUT2D eigenvalue weighted by molar-refractivity contribution is 0.101. The van der Waals surface area contributed by atoms with E-state index in [1.165, 1.54) is 0 Å². The van der Waals surface area contributed by atoms with Crippen molar-refractivity contribution in [2.24, 2.45) is 0 Å². The van der Waals surface area contributed by atoms with Crippen LogP contribution in [-0.2, 0) is 6.54 Å². The zero-order valence-corrected chi connectivity index (χ0v) is 8.90. The number of nitrogens with zero attached hydrogens (tertiary/aromatic N) is 2. The van der Waals surface area contributed by atoms with E-state index >= 15 is 0 Å². The van der Waals surface area contributed by atoms with E-state index in [9.17, 15) is 4.79 Å². The zero-order valence-electron chi connectivity index (χ0n) is 8.90. The monoisotopic (exact) mass is 219 g/mol. The van der Waals surface area contributed by atoms with Gasteiger partial charge in [0.2, 0.25) is 0 Å². The largest absolute Gasteiger partial charge is 0.397 e. The molecule has 0 saturated carbocycles. The number of amides is 1. The van der Waals surface area contributed by atoms with Crippen LogP contribution in [0.1, 0.15) is 17.4 Å². The van der Waals surface area contributed by atoms with E-state index < -0.39 is 0 Å². The first-order valence-corrected chi connectivity index (χ1v) is 4.97. The van der Waals surface area contributed by atoms with Gasteiger partial charge >= 0.3 is 0 Å². The van der Waals surface area contributed by atoms with Gasteiger partial charge in [0.25, 0.3) is 5.91 Å². The third-order valence-electron chi connectivity index (χ3n) is 2.24. The van der Waals surface area contributed by atoms with Gasteiger partial charge in [-0.2, -0.15) is 5.10 Å². The smallest absolute Gasteiger partial charge is 0.273 e. The fourth-order valence-electron chi connectivity index (χ4n) is 1.50. The number of nitrogens with two attached hydrogens (primary N) is 1. The molecule has 0 atom stereocenters. The van der Waals surface area contributed by atoms with Crippen molar-refractivity contribution in [2.45, 2.75) is 13.5 Å². The van der Waals surface area contributed by atoms with Gasteiger partial charge in [-0.3, -0.25) is 9.89 Å². The molecule has 1 amide bonds. The van der Waals surface area contributed by atoms with Crippen molar-refractivity contribution in [3.63, 3.8) is 0 Å². The van der Waals surface area contributed by atoms with Crippen molar-refractivity contribution in [1.82, 2.24) is 14.8 Å². The summed E-state index contributed by atoms with van der Waals surface area (Å²) in [5.74, 6) is 0.357. The second kappa shape index (κ2) is 4.09. The Hall–Kier alpha value is -2.24. The molecule has 0 aliphatic carbocycles. The number of aromatic nitrogens is 3. The van der Waals surface area contributed by atoms with Gasteiger partial charge in [-0.25, -0.2) is 0 Å². The highest BCUT2D eigenvalue weighted by molar-refractivity contribution is 6.03. The lowest BCUT2D eigenvalue weighted by Gasteiger charge is -2.05. The Balaban J connectivity index is 2.20. The highest BCUT2D eigenvalue weighted by Crippen LogP contribution is 2.12. The molecule has 4 N–H and O–H groups in total. The summed E-state index contributed by atoms with van der Waals surface area (Å²) < 4.78 is 1.79. The van der Waals surface area contributed by atoms with E-state index in [1.807, 2.05) is 6.92 Å². The molecule has 6 nitrogen and oxygen atoms in total. The van der Waals surface area contributed by atoms with Crippen LogP contribution in [0.3, 0.4) is 0 Å². The van der Waals surface area contributed by atoms with Crippen LogP contribution in [-0.4, -0.2) is 20.7 Å². The van der Waals surface area contributed by atoms with Crippen molar-refractivity contribution in [3.8, 4) is 0 Å². The molecule has 0 aromatic carbocycles. The summed E-state index contributed by atoms with van der Waals surface area (Å²) in [6.07, 6.45) is 3.31. The van der Waals surface area contributed by atoms with Gasteiger partial charge in [-0.15, -0.1) is 0 Å². The van der Waals surface area contributed by atoms with Crippen LogP contribution in [0.15, 0.2) is 24.5 Å². The lowest BCUT2D eigenvalue weighted by atomic mass is 10.4. The fourth-order valence-corrected chi connectivity index (χ4v) is 1.50. The van der Waals surface area contributed by atoms with E-state index in [4.69, 9.17) is 5.73 Å². The molecule has 0 bridgehead atoms. The van der Waals surface area contributed by atoms with E-state index in [2.05, 4.69) is 15.5 Å². The number of carbonyl (C=O) groups is 1. The van der Waals surface area contributed by atoms with Gasteiger partial charge in [0.1, 0.15) is 11.5 Å². The summed E-state index contributed by atoms with van der Waals surface area (Å²) in [6.45, 7) is 2.65. The molecule has 2 aromatic heterocycles. The molecule has 0 radical (unpaired) electrons. The zero-order chi connectivity index (χ0) is 11.5. The number of aromatic amines is 1. The average Bonchev–Trinajstić information content (AvgIpc) is 2.86. The first-order valence-electron chi connectivity index (χ1n) is 4.97. The third-order valence-corrected chi connectivity index (χ3v) is 2.24. The number of anilines is 2. The number of H-pyrrole nitrogens is 1. The summed E-state index contributed by atoms with van der Waals surface area (Å²) in [4.78, 5) is 11.9. The molecule has 0 fully saturated rings.